The highest BCUT2D eigenvalue weighted by atomic mass is 79.9. The molecule has 0 saturated heterocycles. The molecule has 0 unspecified atom stereocenters. The van der Waals surface area contributed by atoms with Gasteiger partial charge in [-0.1, -0.05) is 35.9 Å². The molecule has 2 N–H and O–H groups in total. The summed E-state index contributed by atoms with van der Waals surface area (Å²) in [7, 11) is 0. The second-order valence-corrected chi connectivity index (χ2v) is 6.92. The average Bonchev–Trinajstić information content (AvgIpc) is 3.08. The molecule has 0 bridgehead atoms. The summed E-state index contributed by atoms with van der Waals surface area (Å²) in [4.78, 5) is 24.5. The molecule has 0 saturated carbocycles. The van der Waals surface area contributed by atoms with Crippen LogP contribution < -0.4 is 10.6 Å². The minimum absolute atomic E-state index is 0.181. The maximum absolute atomic E-state index is 12.4. The third kappa shape index (κ3) is 5.31. The first-order valence-electron chi connectivity index (χ1n) is 8.52. The molecule has 0 aliphatic carbocycles. The summed E-state index contributed by atoms with van der Waals surface area (Å²) in [5.41, 5.74) is 3.39. The van der Waals surface area contributed by atoms with Crippen LogP contribution in [0.5, 0.6) is 0 Å². The van der Waals surface area contributed by atoms with Crippen molar-refractivity contribution in [3.63, 3.8) is 0 Å². The Hall–Kier alpha value is -2.86. The molecule has 1 aromatic heterocycles. The highest BCUT2D eigenvalue weighted by molar-refractivity contribution is 9.10. The molecule has 0 aliphatic rings. The zero-order valence-electron chi connectivity index (χ0n) is 14.8. The number of nitrogens with one attached hydrogen (secondary N) is 2. The van der Waals surface area contributed by atoms with E-state index < -0.39 is 0 Å². The van der Waals surface area contributed by atoms with E-state index in [1.165, 1.54) is 11.1 Å². The molecule has 0 aliphatic heterocycles. The molecule has 6 heteroatoms. The Kier molecular flexibility index (Phi) is 6.08. The van der Waals surface area contributed by atoms with Gasteiger partial charge in [-0.15, -0.1) is 0 Å². The summed E-state index contributed by atoms with van der Waals surface area (Å²) in [6.45, 7) is 2.59. The fourth-order valence-electron chi connectivity index (χ4n) is 2.66. The number of benzene rings is 2. The van der Waals surface area contributed by atoms with Crippen molar-refractivity contribution in [3.05, 3.63) is 87.8 Å². The molecule has 3 aromatic rings. The lowest BCUT2D eigenvalue weighted by molar-refractivity contribution is 0.0952. The number of furan rings is 1. The van der Waals surface area contributed by atoms with Crippen molar-refractivity contribution in [2.45, 2.75) is 13.3 Å². The van der Waals surface area contributed by atoms with E-state index in [0.29, 0.717) is 22.5 Å². The number of hydrogen-bond donors (Lipinski definition) is 2. The minimum atomic E-state index is -0.377. The van der Waals surface area contributed by atoms with E-state index in [0.717, 1.165) is 6.42 Å². The van der Waals surface area contributed by atoms with Gasteiger partial charge in [0.2, 0.25) is 0 Å². The number of carbonyl (C=O) groups excluding carboxylic acids is 2. The van der Waals surface area contributed by atoms with Crippen molar-refractivity contribution >= 4 is 33.4 Å². The predicted molar refractivity (Wildman–Crippen MR) is 108 cm³/mol. The Labute approximate surface area is 165 Å². The standard InChI is InChI=1S/C21H19BrN2O3/c1-14-4-2-5-15(12-14)10-11-23-20(25)16-6-3-7-17(13-16)24-21(26)18-8-9-19(22)27-18/h2-9,12-13H,10-11H2,1H3,(H,23,25)(H,24,26). The van der Waals surface area contributed by atoms with E-state index in [2.05, 4.69) is 32.6 Å². The fraction of sp³-hybridized carbons (Fsp3) is 0.143. The molecule has 5 nitrogen and oxygen atoms in total. The number of halogens is 1. The molecule has 3 rings (SSSR count). The molecular weight excluding hydrogens is 408 g/mol. The smallest absolute Gasteiger partial charge is 0.291 e. The lowest BCUT2D eigenvalue weighted by Crippen LogP contribution is -2.25. The first-order valence-corrected chi connectivity index (χ1v) is 9.31. The first-order chi connectivity index (χ1) is 13.0. The van der Waals surface area contributed by atoms with Crippen LogP contribution in [0.25, 0.3) is 0 Å². The summed E-state index contributed by atoms with van der Waals surface area (Å²) < 4.78 is 5.70. The summed E-state index contributed by atoms with van der Waals surface area (Å²) in [5.74, 6) is -0.368. The molecular formula is C21H19BrN2O3. The molecule has 2 aromatic carbocycles. The van der Waals surface area contributed by atoms with Gasteiger partial charge in [-0.25, -0.2) is 0 Å². The van der Waals surface area contributed by atoms with Crippen LogP contribution in [0.15, 0.2) is 69.8 Å². The Bertz CT molecular complexity index is 965. The topological polar surface area (TPSA) is 71.3 Å². The van der Waals surface area contributed by atoms with Gasteiger partial charge < -0.3 is 15.1 Å². The van der Waals surface area contributed by atoms with Crippen molar-refractivity contribution in [2.24, 2.45) is 0 Å². The maximum atomic E-state index is 12.4. The zero-order chi connectivity index (χ0) is 19.2. The van der Waals surface area contributed by atoms with Crippen LogP contribution >= 0.6 is 15.9 Å². The van der Waals surface area contributed by atoms with E-state index >= 15 is 0 Å². The van der Waals surface area contributed by atoms with E-state index in [-0.39, 0.29) is 17.6 Å². The lowest BCUT2D eigenvalue weighted by Gasteiger charge is -2.08. The Morgan fingerprint density at radius 1 is 1.00 bits per heavy atom. The van der Waals surface area contributed by atoms with Gasteiger partial charge >= 0.3 is 0 Å². The number of anilines is 1. The lowest BCUT2D eigenvalue weighted by atomic mass is 10.1. The molecule has 138 valence electrons. The SMILES string of the molecule is Cc1cccc(CCNC(=O)c2cccc(NC(=O)c3ccc(Br)o3)c2)c1. The largest absolute Gasteiger partial charge is 0.444 e. The average molecular weight is 427 g/mol. The van der Waals surface area contributed by atoms with Gasteiger partial charge in [0.1, 0.15) is 0 Å². The van der Waals surface area contributed by atoms with Crippen molar-refractivity contribution < 1.29 is 14.0 Å². The van der Waals surface area contributed by atoms with E-state index in [4.69, 9.17) is 4.42 Å². The van der Waals surface area contributed by atoms with Gasteiger partial charge in [-0.05, 0) is 65.2 Å². The van der Waals surface area contributed by atoms with Crippen molar-refractivity contribution in [2.75, 3.05) is 11.9 Å². The second kappa shape index (κ2) is 8.68. The third-order valence-electron chi connectivity index (χ3n) is 3.96. The van der Waals surface area contributed by atoms with Gasteiger partial charge in [0.25, 0.3) is 11.8 Å². The number of amides is 2. The Morgan fingerprint density at radius 3 is 2.56 bits per heavy atom. The molecule has 2 amide bonds. The highest BCUT2D eigenvalue weighted by Crippen LogP contribution is 2.17. The predicted octanol–water partition coefficient (Wildman–Crippen LogP) is 4.58. The quantitative estimate of drug-likeness (QED) is 0.605. The molecule has 0 spiro atoms. The Morgan fingerprint density at radius 2 is 1.81 bits per heavy atom. The summed E-state index contributed by atoms with van der Waals surface area (Å²) in [6, 6.07) is 18.2. The van der Waals surface area contributed by atoms with Gasteiger partial charge in [0.05, 0.1) is 0 Å². The summed E-state index contributed by atoms with van der Waals surface area (Å²) in [6.07, 6.45) is 0.761. The Balaban J connectivity index is 1.57. The van der Waals surface area contributed by atoms with Crippen LogP contribution in [-0.2, 0) is 6.42 Å². The summed E-state index contributed by atoms with van der Waals surface area (Å²) >= 11 is 3.16. The van der Waals surface area contributed by atoms with Crippen LogP contribution in [0, 0.1) is 6.92 Å². The number of carbonyl (C=O) groups is 2. The second-order valence-electron chi connectivity index (χ2n) is 6.13. The normalized spacial score (nSPS) is 10.4. The molecule has 1 heterocycles. The van der Waals surface area contributed by atoms with Crippen LogP contribution in [0.4, 0.5) is 5.69 Å². The first kappa shape index (κ1) is 18.9. The third-order valence-corrected chi connectivity index (χ3v) is 4.39. The van der Waals surface area contributed by atoms with Gasteiger partial charge in [-0.2, -0.15) is 0 Å². The minimum Gasteiger partial charge on any atom is -0.444 e. The number of aryl methyl sites for hydroxylation is 1. The molecule has 27 heavy (non-hydrogen) atoms. The fourth-order valence-corrected chi connectivity index (χ4v) is 2.96. The van der Waals surface area contributed by atoms with Gasteiger partial charge in [0, 0.05) is 17.8 Å². The van der Waals surface area contributed by atoms with Crippen LogP contribution in [0.2, 0.25) is 0 Å². The van der Waals surface area contributed by atoms with E-state index in [1.54, 1.807) is 36.4 Å². The van der Waals surface area contributed by atoms with Crippen molar-refractivity contribution in [3.8, 4) is 0 Å². The van der Waals surface area contributed by atoms with Crippen molar-refractivity contribution in [1.29, 1.82) is 0 Å². The zero-order valence-corrected chi connectivity index (χ0v) is 16.4. The van der Waals surface area contributed by atoms with E-state index in [9.17, 15) is 9.59 Å². The van der Waals surface area contributed by atoms with Crippen LogP contribution in [0.1, 0.15) is 32.0 Å². The van der Waals surface area contributed by atoms with Crippen molar-refractivity contribution in [1.82, 2.24) is 5.32 Å². The van der Waals surface area contributed by atoms with E-state index in [1.807, 2.05) is 25.1 Å². The number of hydrogen-bond acceptors (Lipinski definition) is 3. The monoisotopic (exact) mass is 426 g/mol. The van der Waals surface area contributed by atoms with Gasteiger partial charge in [-0.3, -0.25) is 9.59 Å². The molecule has 0 fully saturated rings. The number of rotatable bonds is 6. The maximum Gasteiger partial charge on any atom is 0.291 e. The summed E-state index contributed by atoms with van der Waals surface area (Å²) in [5, 5.41) is 5.63. The molecule has 0 radical (unpaired) electrons. The van der Waals surface area contributed by atoms with Crippen LogP contribution in [0.3, 0.4) is 0 Å². The van der Waals surface area contributed by atoms with Crippen LogP contribution in [-0.4, -0.2) is 18.4 Å². The highest BCUT2D eigenvalue weighted by Gasteiger charge is 2.12. The van der Waals surface area contributed by atoms with Gasteiger partial charge in [0.15, 0.2) is 10.4 Å². The molecule has 0 atom stereocenters.